The zero-order valence-corrected chi connectivity index (χ0v) is 7.66. The number of thiophene rings is 1. The van der Waals surface area contributed by atoms with Crippen LogP contribution in [-0.2, 0) is 0 Å². The highest BCUT2D eigenvalue weighted by molar-refractivity contribution is 7.07. The molecule has 1 heterocycles. The van der Waals surface area contributed by atoms with E-state index in [4.69, 9.17) is 5.73 Å². The molecule has 13 heavy (non-hydrogen) atoms. The fourth-order valence-electron chi connectivity index (χ4n) is 0.972. The summed E-state index contributed by atoms with van der Waals surface area (Å²) in [4.78, 5) is 0. The molecule has 0 amide bonds. The molecule has 0 fully saturated rings. The van der Waals surface area contributed by atoms with Gasteiger partial charge in [0.05, 0.1) is 0 Å². The van der Waals surface area contributed by atoms with Crippen molar-refractivity contribution < 1.29 is 13.2 Å². The van der Waals surface area contributed by atoms with Crippen molar-refractivity contribution >= 4 is 11.3 Å². The molecule has 0 aliphatic carbocycles. The van der Waals surface area contributed by atoms with E-state index in [0.29, 0.717) is 0 Å². The van der Waals surface area contributed by atoms with E-state index in [1.54, 1.807) is 11.4 Å². The molecule has 0 spiro atoms. The van der Waals surface area contributed by atoms with Gasteiger partial charge >= 0.3 is 6.18 Å². The largest absolute Gasteiger partial charge is 0.389 e. The molecule has 0 aliphatic rings. The molecule has 0 radical (unpaired) electrons. The highest BCUT2D eigenvalue weighted by Gasteiger charge is 2.27. The first kappa shape index (κ1) is 10.5. The van der Waals surface area contributed by atoms with Gasteiger partial charge in [-0.3, -0.25) is 0 Å². The van der Waals surface area contributed by atoms with Crippen molar-refractivity contribution in [1.82, 2.24) is 0 Å². The third-order valence-electron chi connectivity index (χ3n) is 1.71. The average Bonchev–Trinajstić information content (AvgIpc) is 2.50. The van der Waals surface area contributed by atoms with Gasteiger partial charge in [0.1, 0.15) is 0 Å². The van der Waals surface area contributed by atoms with Crippen LogP contribution in [0, 0.1) is 0 Å². The number of hydrogen-bond donors (Lipinski definition) is 1. The van der Waals surface area contributed by atoms with E-state index in [1.807, 2.05) is 5.38 Å². The van der Waals surface area contributed by atoms with Gasteiger partial charge in [0, 0.05) is 12.5 Å². The summed E-state index contributed by atoms with van der Waals surface area (Å²) in [6.07, 6.45) is -4.96. The summed E-state index contributed by atoms with van der Waals surface area (Å²) < 4.78 is 35.4. The third kappa shape index (κ3) is 3.78. The van der Waals surface area contributed by atoms with Crippen molar-refractivity contribution in [2.24, 2.45) is 5.73 Å². The number of nitrogens with two attached hydrogens (primary N) is 1. The highest BCUT2D eigenvalue weighted by atomic mass is 32.1. The first-order valence-corrected chi connectivity index (χ1v) is 4.78. The number of hydrogen-bond acceptors (Lipinski definition) is 2. The Balaban J connectivity index is 2.39. The predicted octanol–water partition coefficient (Wildman–Crippen LogP) is 3.09. The van der Waals surface area contributed by atoms with Crippen LogP contribution in [0.4, 0.5) is 13.2 Å². The second kappa shape index (κ2) is 4.11. The van der Waals surface area contributed by atoms with E-state index in [2.05, 4.69) is 0 Å². The zero-order chi connectivity index (χ0) is 9.90. The third-order valence-corrected chi connectivity index (χ3v) is 2.41. The minimum atomic E-state index is -4.10. The summed E-state index contributed by atoms with van der Waals surface area (Å²) in [5.74, 6) is 0. The summed E-state index contributed by atoms with van der Waals surface area (Å²) in [6, 6.07) is 1.26. The van der Waals surface area contributed by atoms with Crippen LogP contribution in [0.15, 0.2) is 16.8 Å². The van der Waals surface area contributed by atoms with Crippen molar-refractivity contribution in [2.75, 3.05) is 0 Å². The topological polar surface area (TPSA) is 26.0 Å². The molecule has 0 aliphatic heterocycles. The van der Waals surface area contributed by atoms with Crippen LogP contribution >= 0.6 is 11.3 Å². The minimum Gasteiger partial charge on any atom is -0.324 e. The molecule has 1 atom stereocenters. The van der Waals surface area contributed by atoms with E-state index >= 15 is 0 Å². The monoisotopic (exact) mass is 209 g/mol. The van der Waals surface area contributed by atoms with Crippen LogP contribution in [0.5, 0.6) is 0 Å². The fourth-order valence-corrected chi connectivity index (χ4v) is 1.70. The lowest BCUT2D eigenvalue weighted by Gasteiger charge is -2.11. The van der Waals surface area contributed by atoms with Crippen molar-refractivity contribution in [3.05, 3.63) is 22.4 Å². The summed E-state index contributed by atoms with van der Waals surface area (Å²) >= 11 is 1.44. The second-order valence-corrected chi connectivity index (χ2v) is 3.60. The first-order valence-electron chi connectivity index (χ1n) is 3.83. The van der Waals surface area contributed by atoms with Gasteiger partial charge in [0.15, 0.2) is 0 Å². The van der Waals surface area contributed by atoms with Crippen LogP contribution < -0.4 is 5.73 Å². The SMILES string of the molecule is NC(CCC(F)(F)F)c1ccsc1. The normalized spacial score (nSPS) is 14.5. The average molecular weight is 209 g/mol. The van der Waals surface area contributed by atoms with Crippen LogP contribution in [0.25, 0.3) is 0 Å². The lowest BCUT2D eigenvalue weighted by Crippen LogP contribution is -2.15. The van der Waals surface area contributed by atoms with Crippen LogP contribution in [-0.4, -0.2) is 6.18 Å². The number of halogens is 3. The molecule has 1 aromatic rings. The molecular formula is C8H10F3NS. The Labute approximate surface area is 78.4 Å². The maximum absolute atomic E-state index is 11.8. The van der Waals surface area contributed by atoms with E-state index < -0.39 is 18.6 Å². The Morgan fingerprint density at radius 1 is 1.46 bits per heavy atom. The van der Waals surface area contributed by atoms with Gasteiger partial charge in [-0.2, -0.15) is 24.5 Å². The Kier molecular flexibility index (Phi) is 3.33. The van der Waals surface area contributed by atoms with E-state index in [0.717, 1.165) is 5.56 Å². The molecular weight excluding hydrogens is 199 g/mol. The fraction of sp³-hybridized carbons (Fsp3) is 0.500. The van der Waals surface area contributed by atoms with Crippen LogP contribution in [0.1, 0.15) is 24.4 Å². The van der Waals surface area contributed by atoms with E-state index in [-0.39, 0.29) is 6.42 Å². The van der Waals surface area contributed by atoms with Crippen molar-refractivity contribution in [3.8, 4) is 0 Å². The molecule has 1 unspecified atom stereocenters. The molecule has 1 aromatic heterocycles. The standard InChI is InChI=1S/C8H10F3NS/c9-8(10,11)3-1-7(12)6-2-4-13-5-6/h2,4-5,7H,1,3,12H2. The molecule has 1 nitrogen and oxygen atoms in total. The Morgan fingerprint density at radius 2 is 2.15 bits per heavy atom. The quantitative estimate of drug-likeness (QED) is 0.813. The van der Waals surface area contributed by atoms with E-state index in [9.17, 15) is 13.2 Å². The Morgan fingerprint density at radius 3 is 2.62 bits per heavy atom. The molecule has 0 saturated heterocycles. The molecule has 2 N–H and O–H groups in total. The smallest absolute Gasteiger partial charge is 0.324 e. The number of rotatable bonds is 3. The maximum atomic E-state index is 11.8. The van der Waals surface area contributed by atoms with Crippen molar-refractivity contribution in [3.63, 3.8) is 0 Å². The predicted molar refractivity (Wildman–Crippen MR) is 46.5 cm³/mol. The summed E-state index contributed by atoms with van der Waals surface area (Å²) in [5.41, 5.74) is 6.34. The first-order chi connectivity index (χ1) is 5.99. The maximum Gasteiger partial charge on any atom is 0.389 e. The molecule has 0 bridgehead atoms. The zero-order valence-electron chi connectivity index (χ0n) is 6.84. The molecule has 5 heteroatoms. The second-order valence-electron chi connectivity index (χ2n) is 2.82. The van der Waals surface area contributed by atoms with Gasteiger partial charge in [-0.25, -0.2) is 0 Å². The lowest BCUT2D eigenvalue weighted by molar-refractivity contribution is -0.136. The van der Waals surface area contributed by atoms with Gasteiger partial charge in [0.2, 0.25) is 0 Å². The van der Waals surface area contributed by atoms with Crippen molar-refractivity contribution in [1.29, 1.82) is 0 Å². The summed E-state index contributed by atoms with van der Waals surface area (Å²) in [5, 5.41) is 3.59. The highest BCUT2D eigenvalue weighted by Crippen LogP contribution is 2.26. The summed E-state index contributed by atoms with van der Waals surface area (Å²) in [7, 11) is 0. The van der Waals surface area contributed by atoms with Crippen LogP contribution in [0.2, 0.25) is 0 Å². The van der Waals surface area contributed by atoms with E-state index in [1.165, 1.54) is 11.3 Å². The molecule has 1 rings (SSSR count). The van der Waals surface area contributed by atoms with Gasteiger partial charge < -0.3 is 5.73 Å². The van der Waals surface area contributed by atoms with Crippen molar-refractivity contribution in [2.45, 2.75) is 25.1 Å². The lowest BCUT2D eigenvalue weighted by atomic mass is 10.1. The molecule has 0 saturated carbocycles. The number of alkyl halides is 3. The van der Waals surface area contributed by atoms with Gasteiger partial charge in [-0.05, 0) is 28.8 Å². The van der Waals surface area contributed by atoms with Gasteiger partial charge in [0.25, 0.3) is 0 Å². The minimum absolute atomic E-state index is 0.0414. The Hall–Kier alpha value is -0.550. The molecule has 74 valence electrons. The van der Waals surface area contributed by atoms with Gasteiger partial charge in [-0.15, -0.1) is 0 Å². The van der Waals surface area contributed by atoms with Crippen LogP contribution in [0.3, 0.4) is 0 Å². The van der Waals surface area contributed by atoms with Gasteiger partial charge in [-0.1, -0.05) is 0 Å². The molecule has 0 aromatic carbocycles. The summed E-state index contributed by atoms with van der Waals surface area (Å²) in [6.45, 7) is 0. The Bertz CT molecular complexity index is 242.